The van der Waals surface area contributed by atoms with Crippen LogP contribution in [0.4, 0.5) is 0 Å². The second-order valence-electron chi connectivity index (χ2n) is 6.61. The lowest BCUT2D eigenvalue weighted by Crippen LogP contribution is -2.40. The highest BCUT2D eigenvalue weighted by Gasteiger charge is 2.25. The summed E-state index contributed by atoms with van der Waals surface area (Å²) in [6, 6.07) is 5.52. The van der Waals surface area contributed by atoms with Crippen LogP contribution in [0.1, 0.15) is 56.2 Å². The number of ether oxygens (including phenoxy) is 1. The van der Waals surface area contributed by atoms with Crippen LogP contribution in [0.2, 0.25) is 0 Å². The van der Waals surface area contributed by atoms with Crippen molar-refractivity contribution >= 4 is 0 Å². The number of nitrogens with zero attached hydrogens (tertiary/aromatic N) is 1. The van der Waals surface area contributed by atoms with E-state index in [1.54, 1.807) is 11.1 Å². The van der Waals surface area contributed by atoms with Gasteiger partial charge in [0.25, 0.3) is 0 Å². The van der Waals surface area contributed by atoms with Crippen molar-refractivity contribution in [2.45, 2.75) is 64.8 Å². The lowest BCUT2D eigenvalue weighted by atomic mass is 9.85. The summed E-state index contributed by atoms with van der Waals surface area (Å²) >= 11 is 0. The van der Waals surface area contributed by atoms with Crippen LogP contribution in [0, 0.1) is 0 Å². The first-order valence-electron chi connectivity index (χ1n) is 8.83. The van der Waals surface area contributed by atoms with Gasteiger partial charge in [-0.25, -0.2) is 0 Å². The minimum absolute atomic E-state index is 0.735. The summed E-state index contributed by atoms with van der Waals surface area (Å²) in [6.45, 7) is 7.98. The zero-order valence-electron chi connectivity index (χ0n) is 13.7. The summed E-state index contributed by atoms with van der Waals surface area (Å²) in [5.41, 5.74) is 4.57. The fourth-order valence-corrected chi connectivity index (χ4v) is 3.96. The van der Waals surface area contributed by atoms with Gasteiger partial charge in [0, 0.05) is 6.04 Å². The van der Waals surface area contributed by atoms with Gasteiger partial charge in [-0.2, -0.15) is 0 Å². The molecule has 1 unspecified atom stereocenters. The Hall–Kier alpha value is -1.02. The van der Waals surface area contributed by atoms with Crippen molar-refractivity contribution in [1.82, 2.24) is 4.90 Å². The first-order chi connectivity index (χ1) is 10.3. The van der Waals surface area contributed by atoms with Gasteiger partial charge in [-0.05, 0) is 80.8 Å². The minimum atomic E-state index is 0.735. The summed E-state index contributed by atoms with van der Waals surface area (Å²) in [6.07, 6.45) is 8.68. The van der Waals surface area contributed by atoms with Crippen molar-refractivity contribution in [3.8, 4) is 5.75 Å². The van der Waals surface area contributed by atoms with Gasteiger partial charge in [0.2, 0.25) is 0 Å². The zero-order valence-corrected chi connectivity index (χ0v) is 13.7. The number of fused-ring (bicyclic) bond motifs is 2. The number of benzene rings is 1. The van der Waals surface area contributed by atoms with Gasteiger partial charge in [-0.3, -0.25) is 0 Å². The molecule has 1 heterocycles. The largest absolute Gasteiger partial charge is 0.493 e. The van der Waals surface area contributed by atoms with Gasteiger partial charge in [-0.1, -0.05) is 19.9 Å². The third-order valence-corrected chi connectivity index (χ3v) is 4.97. The van der Waals surface area contributed by atoms with Crippen LogP contribution >= 0.6 is 0 Å². The Morgan fingerprint density at radius 1 is 1.05 bits per heavy atom. The highest BCUT2D eigenvalue weighted by atomic mass is 16.5. The van der Waals surface area contributed by atoms with Crippen LogP contribution in [0.15, 0.2) is 12.1 Å². The van der Waals surface area contributed by atoms with E-state index >= 15 is 0 Å². The number of hydrogen-bond donors (Lipinski definition) is 0. The van der Waals surface area contributed by atoms with E-state index in [0.717, 1.165) is 18.4 Å². The predicted molar refractivity (Wildman–Crippen MR) is 88.2 cm³/mol. The molecule has 21 heavy (non-hydrogen) atoms. The summed E-state index contributed by atoms with van der Waals surface area (Å²) in [7, 11) is 0. The van der Waals surface area contributed by atoms with Gasteiger partial charge in [0.05, 0.1) is 6.61 Å². The van der Waals surface area contributed by atoms with E-state index in [1.807, 2.05) is 0 Å². The number of aryl methyl sites for hydroxylation is 2. The molecule has 0 spiro atoms. The molecule has 3 rings (SSSR count). The molecule has 0 N–H and O–H groups in total. The number of rotatable bonds is 5. The average molecular weight is 287 g/mol. The molecule has 116 valence electrons. The molecule has 2 heteroatoms. The van der Waals surface area contributed by atoms with Crippen molar-refractivity contribution in [2.75, 3.05) is 19.7 Å². The predicted octanol–water partition coefficient (Wildman–Crippen LogP) is 3.99. The Bertz CT molecular complexity index is 477. The minimum Gasteiger partial charge on any atom is -0.493 e. The van der Waals surface area contributed by atoms with Gasteiger partial charge < -0.3 is 9.64 Å². The van der Waals surface area contributed by atoms with Gasteiger partial charge >= 0.3 is 0 Å². The molecule has 0 bridgehead atoms. The maximum atomic E-state index is 5.87. The summed E-state index contributed by atoms with van der Waals surface area (Å²) in [5, 5.41) is 0. The van der Waals surface area contributed by atoms with Crippen molar-refractivity contribution < 1.29 is 4.74 Å². The van der Waals surface area contributed by atoms with Crippen molar-refractivity contribution in [3.63, 3.8) is 0 Å². The van der Waals surface area contributed by atoms with Crippen LogP contribution in [0.25, 0.3) is 0 Å². The molecule has 1 aromatic rings. The lowest BCUT2D eigenvalue weighted by Gasteiger charge is -2.35. The second-order valence-corrected chi connectivity index (χ2v) is 6.61. The van der Waals surface area contributed by atoms with E-state index in [0.29, 0.717) is 0 Å². The van der Waals surface area contributed by atoms with Crippen LogP contribution in [0.5, 0.6) is 5.75 Å². The molecule has 1 atom stereocenters. The van der Waals surface area contributed by atoms with E-state index < -0.39 is 0 Å². The van der Waals surface area contributed by atoms with E-state index in [4.69, 9.17) is 4.74 Å². The molecule has 0 fully saturated rings. The van der Waals surface area contributed by atoms with E-state index in [2.05, 4.69) is 30.9 Å². The molecular formula is C19H29NO. The molecule has 2 aliphatic rings. The number of hydrogen-bond acceptors (Lipinski definition) is 2. The molecule has 1 aliphatic heterocycles. The van der Waals surface area contributed by atoms with Crippen molar-refractivity contribution in [1.29, 1.82) is 0 Å². The molecule has 0 saturated carbocycles. The molecule has 0 saturated heterocycles. The fraction of sp³-hybridized carbons (Fsp3) is 0.684. The lowest BCUT2D eigenvalue weighted by molar-refractivity contribution is 0.179. The average Bonchev–Trinajstić information content (AvgIpc) is 2.52. The maximum absolute atomic E-state index is 5.87. The van der Waals surface area contributed by atoms with E-state index in [9.17, 15) is 0 Å². The van der Waals surface area contributed by atoms with Crippen LogP contribution in [-0.2, 0) is 19.3 Å². The van der Waals surface area contributed by atoms with Crippen LogP contribution in [-0.4, -0.2) is 30.6 Å². The molecular weight excluding hydrogens is 258 g/mol. The van der Waals surface area contributed by atoms with Gasteiger partial charge in [0.15, 0.2) is 0 Å². The Kier molecular flexibility index (Phi) is 4.84. The Morgan fingerprint density at radius 2 is 1.86 bits per heavy atom. The third kappa shape index (κ3) is 3.26. The van der Waals surface area contributed by atoms with Crippen molar-refractivity contribution in [3.05, 3.63) is 28.8 Å². The fourth-order valence-electron chi connectivity index (χ4n) is 3.96. The summed E-state index contributed by atoms with van der Waals surface area (Å²) in [4.78, 5) is 2.71. The second kappa shape index (κ2) is 6.83. The Balaban J connectivity index is 1.77. The normalized spacial score (nSPS) is 20.8. The highest BCUT2D eigenvalue weighted by Crippen LogP contribution is 2.33. The summed E-state index contributed by atoms with van der Waals surface area (Å²) in [5.74, 6) is 1.16. The molecule has 1 aliphatic carbocycles. The standard InChI is InChI=1S/C19H29NO/c1-3-9-20(10-4-2)18-8-7-15-12-16-6-5-11-21-19(16)14-17(15)13-18/h12,14,18H,3-11,13H2,1-2H3. The SMILES string of the molecule is CCCN(CCC)C1CCc2cc3c(cc2C1)OCCC3. The highest BCUT2D eigenvalue weighted by molar-refractivity contribution is 5.45. The van der Waals surface area contributed by atoms with Gasteiger partial charge in [0.1, 0.15) is 5.75 Å². The molecule has 1 aromatic carbocycles. The third-order valence-electron chi connectivity index (χ3n) is 4.97. The Morgan fingerprint density at radius 3 is 2.62 bits per heavy atom. The van der Waals surface area contributed by atoms with Crippen molar-refractivity contribution in [2.24, 2.45) is 0 Å². The monoisotopic (exact) mass is 287 g/mol. The molecule has 0 aromatic heterocycles. The van der Waals surface area contributed by atoms with Gasteiger partial charge in [-0.15, -0.1) is 0 Å². The Labute approximate surface area is 129 Å². The first-order valence-corrected chi connectivity index (χ1v) is 8.83. The van der Waals surface area contributed by atoms with Crippen LogP contribution in [0.3, 0.4) is 0 Å². The van der Waals surface area contributed by atoms with Crippen LogP contribution < -0.4 is 4.74 Å². The first kappa shape index (κ1) is 14.9. The maximum Gasteiger partial charge on any atom is 0.122 e. The smallest absolute Gasteiger partial charge is 0.122 e. The quantitative estimate of drug-likeness (QED) is 0.812. The van der Waals surface area contributed by atoms with E-state index in [1.165, 1.54) is 63.6 Å². The molecule has 2 nitrogen and oxygen atoms in total. The topological polar surface area (TPSA) is 12.5 Å². The summed E-state index contributed by atoms with van der Waals surface area (Å²) < 4.78 is 5.87. The van der Waals surface area contributed by atoms with E-state index in [-0.39, 0.29) is 0 Å². The molecule has 0 radical (unpaired) electrons. The zero-order chi connectivity index (χ0) is 14.7. The molecule has 0 amide bonds.